The zero-order valence-corrected chi connectivity index (χ0v) is 11.9. The number of fused-ring (bicyclic) bond motifs is 1. The van der Waals surface area contributed by atoms with E-state index in [1.54, 1.807) is 0 Å². The van der Waals surface area contributed by atoms with Crippen molar-refractivity contribution in [2.24, 2.45) is 5.92 Å². The summed E-state index contributed by atoms with van der Waals surface area (Å²) in [5, 5.41) is 0. The molecule has 0 fully saturated rings. The van der Waals surface area contributed by atoms with E-state index in [0.29, 0.717) is 11.8 Å². The molecule has 2 rings (SSSR count). The Balaban J connectivity index is 2.25. The summed E-state index contributed by atoms with van der Waals surface area (Å²) in [5.41, 5.74) is 3.47. The number of carbonyl (C=O) groups is 1. The number of hydrogen-bond donors (Lipinski definition) is 0. The lowest BCUT2D eigenvalue weighted by atomic mass is 9.92. The van der Waals surface area contributed by atoms with Crippen LogP contribution in [0.25, 0.3) is 0 Å². The number of carbonyl (C=O) groups excluding carboxylic acids is 1. The predicted octanol–water partition coefficient (Wildman–Crippen LogP) is 3.46. The van der Waals surface area contributed by atoms with Gasteiger partial charge in [-0.15, -0.1) is 0 Å². The van der Waals surface area contributed by atoms with E-state index in [4.69, 9.17) is 0 Å². The van der Waals surface area contributed by atoms with Crippen LogP contribution in [0.5, 0.6) is 0 Å². The Kier molecular flexibility index (Phi) is 3.74. The maximum Gasteiger partial charge on any atom is 0.254 e. The molecule has 0 atom stereocenters. The average Bonchev–Trinajstić information content (AvgIpc) is 2.32. The summed E-state index contributed by atoms with van der Waals surface area (Å²) in [6.07, 6.45) is 0.994. The molecule has 1 amide bonds. The average molecular weight is 245 g/mol. The van der Waals surface area contributed by atoms with Gasteiger partial charge in [0.2, 0.25) is 0 Å². The molecule has 0 N–H and O–H groups in total. The van der Waals surface area contributed by atoms with E-state index >= 15 is 0 Å². The molecule has 2 nitrogen and oxygen atoms in total. The number of nitrogens with zero attached hydrogens (tertiary/aromatic N) is 1. The Hall–Kier alpha value is -1.31. The minimum absolute atomic E-state index is 0.209. The third-order valence-corrected chi connectivity index (χ3v) is 3.55. The van der Waals surface area contributed by atoms with Crippen LogP contribution >= 0.6 is 0 Å². The summed E-state index contributed by atoms with van der Waals surface area (Å²) in [5.74, 6) is 1.27. The van der Waals surface area contributed by atoms with Gasteiger partial charge in [-0.1, -0.05) is 39.8 Å². The summed E-state index contributed by atoms with van der Waals surface area (Å²) >= 11 is 0. The standard InChI is InChI=1S/C16H23NO/c1-11(2)10-17-8-7-14-9-13(12(3)4)5-6-15(14)16(17)18/h5-6,9,11-12H,7-8,10H2,1-4H3. The normalized spacial score (nSPS) is 15.4. The van der Waals surface area contributed by atoms with Gasteiger partial charge in [0.25, 0.3) is 5.91 Å². The lowest BCUT2D eigenvalue weighted by Crippen LogP contribution is -2.39. The first-order valence-electron chi connectivity index (χ1n) is 6.91. The Bertz CT molecular complexity index is 448. The summed E-state index contributed by atoms with van der Waals surface area (Å²) in [4.78, 5) is 14.3. The van der Waals surface area contributed by atoms with E-state index in [2.05, 4.69) is 39.8 Å². The van der Waals surface area contributed by atoms with Crippen molar-refractivity contribution in [1.29, 1.82) is 0 Å². The van der Waals surface area contributed by atoms with E-state index in [1.807, 2.05) is 11.0 Å². The Morgan fingerprint density at radius 2 is 1.94 bits per heavy atom. The van der Waals surface area contributed by atoms with Gasteiger partial charge in [-0.3, -0.25) is 4.79 Å². The molecule has 2 heteroatoms. The smallest absolute Gasteiger partial charge is 0.254 e. The molecule has 0 aliphatic carbocycles. The van der Waals surface area contributed by atoms with Gasteiger partial charge in [0.1, 0.15) is 0 Å². The van der Waals surface area contributed by atoms with Gasteiger partial charge in [-0.2, -0.15) is 0 Å². The van der Waals surface area contributed by atoms with Crippen molar-refractivity contribution in [1.82, 2.24) is 4.90 Å². The number of amides is 1. The Morgan fingerprint density at radius 1 is 1.22 bits per heavy atom. The summed E-state index contributed by atoms with van der Waals surface area (Å²) in [6.45, 7) is 10.4. The van der Waals surface area contributed by atoms with Crippen LogP contribution in [-0.4, -0.2) is 23.9 Å². The second-order valence-corrected chi connectivity index (χ2v) is 5.97. The number of rotatable bonds is 3. The highest BCUT2D eigenvalue weighted by Gasteiger charge is 2.24. The second-order valence-electron chi connectivity index (χ2n) is 5.97. The largest absolute Gasteiger partial charge is 0.338 e. The van der Waals surface area contributed by atoms with Crippen LogP contribution in [0.3, 0.4) is 0 Å². The lowest BCUT2D eigenvalue weighted by Gasteiger charge is -2.30. The van der Waals surface area contributed by atoms with Gasteiger partial charge in [0.15, 0.2) is 0 Å². The van der Waals surface area contributed by atoms with Crippen molar-refractivity contribution in [3.8, 4) is 0 Å². The van der Waals surface area contributed by atoms with Crippen LogP contribution in [0.1, 0.15) is 55.1 Å². The maximum absolute atomic E-state index is 12.4. The molecular formula is C16H23NO. The third kappa shape index (κ3) is 2.58. The summed E-state index contributed by atoms with van der Waals surface area (Å²) in [7, 11) is 0. The maximum atomic E-state index is 12.4. The first-order valence-corrected chi connectivity index (χ1v) is 6.91. The summed E-state index contributed by atoms with van der Waals surface area (Å²) < 4.78 is 0. The van der Waals surface area contributed by atoms with Gasteiger partial charge >= 0.3 is 0 Å². The predicted molar refractivity (Wildman–Crippen MR) is 75.0 cm³/mol. The molecule has 0 unspecified atom stereocenters. The highest BCUT2D eigenvalue weighted by Crippen LogP contribution is 2.24. The molecule has 98 valence electrons. The van der Waals surface area contributed by atoms with Crippen molar-refractivity contribution in [2.75, 3.05) is 13.1 Å². The monoisotopic (exact) mass is 245 g/mol. The molecular weight excluding hydrogens is 222 g/mol. The Labute approximate surface area is 110 Å². The Morgan fingerprint density at radius 3 is 2.56 bits per heavy atom. The van der Waals surface area contributed by atoms with E-state index in [1.165, 1.54) is 11.1 Å². The number of hydrogen-bond acceptors (Lipinski definition) is 1. The molecule has 0 aromatic heterocycles. The quantitative estimate of drug-likeness (QED) is 0.798. The van der Waals surface area contributed by atoms with Crippen LogP contribution in [0.15, 0.2) is 18.2 Å². The van der Waals surface area contributed by atoms with E-state index in [-0.39, 0.29) is 5.91 Å². The SMILES string of the molecule is CC(C)CN1CCc2cc(C(C)C)ccc2C1=O. The molecule has 0 saturated carbocycles. The third-order valence-electron chi connectivity index (χ3n) is 3.55. The highest BCUT2D eigenvalue weighted by atomic mass is 16.2. The zero-order valence-electron chi connectivity index (χ0n) is 11.9. The molecule has 1 heterocycles. The van der Waals surface area contributed by atoms with Gasteiger partial charge in [0.05, 0.1) is 0 Å². The van der Waals surface area contributed by atoms with Gasteiger partial charge in [-0.05, 0) is 35.4 Å². The molecule has 18 heavy (non-hydrogen) atoms. The molecule has 1 aliphatic heterocycles. The second kappa shape index (κ2) is 5.13. The summed E-state index contributed by atoms with van der Waals surface area (Å²) in [6, 6.07) is 6.32. The van der Waals surface area contributed by atoms with E-state index in [9.17, 15) is 4.79 Å². The minimum Gasteiger partial charge on any atom is -0.338 e. The number of benzene rings is 1. The van der Waals surface area contributed by atoms with Crippen molar-refractivity contribution < 1.29 is 4.79 Å². The first-order chi connectivity index (χ1) is 8.49. The fraction of sp³-hybridized carbons (Fsp3) is 0.562. The highest BCUT2D eigenvalue weighted by molar-refractivity contribution is 5.96. The van der Waals surface area contributed by atoms with Gasteiger partial charge < -0.3 is 4.90 Å². The molecule has 1 aliphatic rings. The van der Waals surface area contributed by atoms with Crippen molar-refractivity contribution in [2.45, 2.75) is 40.0 Å². The van der Waals surface area contributed by atoms with Gasteiger partial charge in [-0.25, -0.2) is 0 Å². The molecule has 0 saturated heterocycles. The molecule has 0 bridgehead atoms. The van der Waals surface area contributed by atoms with Crippen LogP contribution in [0, 0.1) is 5.92 Å². The van der Waals surface area contributed by atoms with Crippen LogP contribution in [0.4, 0.5) is 0 Å². The minimum atomic E-state index is 0.209. The van der Waals surface area contributed by atoms with Crippen molar-refractivity contribution in [3.05, 3.63) is 34.9 Å². The molecule has 1 aromatic carbocycles. The molecule has 0 radical (unpaired) electrons. The van der Waals surface area contributed by atoms with Crippen LogP contribution < -0.4 is 0 Å². The van der Waals surface area contributed by atoms with E-state index in [0.717, 1.165) is 25.1 Å². The van der Waals surface area contributed by atoms with E-state index < -0.39 is 0 Å². The van der Waals surface area contributed by atoms with Crippen molar-refractivity contribution >= 4 is 5.91 Å². The fourth-order valence-electron chi connectivity index (χ4n) is 2.53. The van der Waals surface area contributed by atoms with Gasteiger partial charge in [0, 0.05) is 18.7 Å². The lowest BCUT2D eigenvalue weighted by molar-refractivity contribution is 0.0720. The molecule has 0 spiro atoms. The topological polar surface area (TPSA) is 20.3 Å². The van der Waals surface area contributed by atoms with Crippen LogP contribution in [-0.2, 0) is 6.42 Å². The fourth-order valence-corrected chi connectivity index (χ4v) is 2.53. The van der Waals surface area contributed by atoms with Crippen LogP contribution in [0.2, 0.25) is 0 Å². The van der Waals surface area contributed by atoms with Crippen molar-refractivity contribution in [3.63, 3.8) is 0 Å². The molecule has 1 aromatic rings. The first kappa shape index (κ1) is 13.1. The zero-order chi connectivity index (χ0) is 13.3.